The smallest absolute Gasteiger partial charge is 0.0575 e. The molecule has 0 amide bonds. The Morgan fingerprint density at radius 2 is 2.36 bits per heavy atom. The Hall–Kier alpha value is -0.340. The molecular weight excluding hydrogens is 140 g/mol. The Balaban J connectivity index is 3.03. The Labute approximate surface area is 68.9 Å². The molecule has 2 nitrogen and oxygen atoms in total. The van der Waals surface area contributed by atoms with Crippen LogP contribution in [0.1, 0.15) is 26.2 Å². The summed E-state index contributed by atoms with van der Waals surface area (Å²) in [6, 6.07) is 0. The van der Waals surface area contributed by atoms with Gasteiger partial charge in [-0.05, 0) is 26.2 Å². The standard InChI is InChI=1S/C9H18O2/c1-3-6-9(10)7-5-8-11-4-2/h3,9-10H,1,4-8H2,2H3. The summed E-state index contributed by atoms with van der Waals surface area (Å²) in [5.41, 5.74) is 0. The summed E-state index contributed by atoms with van der Waals surface area (Å²) in [7, 11) is 0. The minimum atomic E-state index is -0.229. The highest BCUT2D eigenvalue weighted by Crippen LogP contribution is 2.01. The Morgan fingerprint density at radius 3 is 2.91 bits per heavy atom. The largest absolute Gasteiger partial charge is 0.393 e. The molecule has 0 aromatic heterocycles. The van der Waals surface area contributed by atoms with E-state index in [1.54, 1.807) is 6.08 Å². The summed E-state index contributed by atoms with van der Waals surface area (Å²) < 4.78 is 5.13. The van der Waals surface area contributed by atoms with Crippen LogP contribution in [0.2, 0.25) is 0 Å². The van der Waals surface area contributed by atoms with Crippen molar-refractivity contribution < 1.29 is 9.84 Å². The van der Waals surface area contributed by atoms with Crippen molar-refractivity contribution in [2.75, 3.05) is 13.2 Å². The summed E-state index contributed by atoms with van der Waals surface area (Å²) in [4.78, 5) is 0. The minimum Gasteiger partial charge on any atom is -0.393 e. The molecular formula is C9H18O2. The fraction of sp³-hybridized carbons (Fsp3) is 0.778. The lowest BCUT2D eigenvalue weighted by molar-refractivity contribution is 0.115. The third-order valence-corrected chi connectivity index (χ3v) is 1.47. The highest BCUT2D eigenvalue weighted by molar-refractivity contribution is 4.71. The van der Waals surface area contributed by atoms with E-state index >= 15 is 0 Å². The van der Waals surface area contributed by atoms with Gasteiger partial charge in [-0.2, -0.15) is 0 Å². The second-order valence-electron chi connectivity index (χ2n) is 2.52. The average molecular weight is 158 g/mol. The maximum atomic E-state index is 9.22. The fourth-order valence-electron chi connectivity index (χ4n) is 0.876. The van der Waals surface area contributed by atoms with Gasteiger partial charge < -0.3 is 9.84 Å². The van der Waals surface area contributed by atoms with Crippen molar-refractivity contribution in [1.29, 1.82) is 0 Å². The number of aliphatic hydroxyl groups is 1. The molecule has 0 spiro atoms. The van der Waals surface area contributed by atoms with Crippen LogP contribution in [0.25, 0.3) is 0 Å². The predicted molar refractivity (Wildman–Crippen MR) is 46.5 cm³/mol. The van der Waals surface area contributed by atoms with Gasteiger partial charge >= 0.3 is 0 Å². The first-order chi connectivity index (χ1) is 5.31. The van der Waals surface area contributed by atoms with E-state index in [0.29, 0.717) is 6.42 Å². The van der Waals surface area contributed by atoms with Crippen LogP contribution in [0, 0.1) is 0 Å². The van der Waals surface area contributed by atoms with Crippen molar-refractivity contribution in [3.05, 3.63) is 12.7 Å². The Kier molecular flexibility index (Phi) is 7.52. The van der Waals surface area contributed by atoms with Crippen LogP contribution >= 0.6 is 0 Å². The molecule has 66 valence electrons. The molecule has 1 atom stereocenters. The van der Waals surface area contributed by atoms with E-state index in [1.807, 2.05) is 6.92 Å². The first-order valence-electron chi connectivity index (χ1n) is 4.18. The van der Waals surface area contributed by atoms with Crippen LogP contribution in [0.3, 0.4) is 0 Å². The van der Waals surface area contributed by atoms with Crippen molar-refractivity contribution in [3.8, 4) is 0 Å². The minimum absolute atomic E-state index is 0.229. The Bertz CT molecular complexity index is 91.6. The zero-order valence-electron chi connectivity index (χ0n) is 7.25. The maximum Gasteiger partial charge on any atom is 0.0575 e. The van der Waals surface area contributed by atoms with E-state index in [1.165, 1.54) is 0 Å². The maximum absolute atomic E-state index is 9.22. The van der Waals surface area contributed by atoms with Gasteiger partial charge in [0.1, 0.15) is 0 Å². The first-order valence-corrected chi connectivity index (χ1v) is 4.18. The van der Waals surface area contributed by atoms with Crippen LogP contribution in [0.15, 0.2) is 12.7 Å². The zero-order chi connectivity index (χ0) is 8.53. The molecule has 1 unspecified atom stereocenters. The topological polar surface area (TPSA) is 29.5 Å². The monoisotopic (exact) mass is 158 g/mol. The van der Waals surface area contributed by atoms with E-state index in [2.05, 4.69) is 6.58 Å². The molecule has 0 rings (SSSR count). The molecule has 2 heteroatoms. The second kappa shape index (κ2) is 7.76. The predicted octanol–water partition coefficient (Wildman–Crippen LogP) is 1.74. The molecule has 0 fully saturated rings. The van der Waals surface area contributed by atoms with Gasteiger partial charge in [-0.15, -0.1) is 6.58 Å². The number of rotatable bonds is 7. The summed E-state index contributed by atoms with van der Waals surface area (Å²) >= 11 is 0. The van der Waals surface area contributed by atoms with Crippen molar-refractivity contribution in [3.63, 3.8) is 0 Å². The first kappa shape index (κ1) is 10.7. The highest BCUT2D eigenvalue weighted by atomic mass is 16.5. The summed E-state index contributed by atoms with van der Waals surface area (Å²) in [5, 5.41) is 9.22. The molecule has 0 aliphatic carbocycles. The van der Waals surface area contributed by atoms with Crippen molar-refractivity contribution >= 4 is 0 Å². The van der Waals surface area contributed by atoms with E-state index in [9.17, 15) is 5.11 Å². The quantitative estimate of drug-likeness (QED) is 0.451. The van der Waals surface area contributed by atoms with Crippen LogP contribution in [-0.4, -0.2) is 24.4 Å². The van der Waals surface area contributed by atoms with Gasteiger partial charge in [0.2, 0.25) is 0 Å². The molecule has 0 aromatic rings. The summed E-state index contributed by atoms with van der Waals surface area (Å²) in [6.07, 6.45) is 3.94. The third-order valence-electron chi connectivity index (χ3n) is 1.47. The van der Waals surface area contributed by atoms with Crippen molar-refractivity contribution in [1.82, 2.24) is 0 Å². The van der Waals surface area contributed by atoms with E-state index in [-0.39, 0.29) is 6.10 Å². The molecule has 1 N–H and O–H groups in total. The number of hydrogen-bond acceptors (Lipinski definition) is 2. The lowest BCUT2D eigenvalue weighted by Crippen LogP contribution is -2.06. The van der Waals surface area contributed by atoms with E-state index in [0.717, 1.165) is 26.1 Å². The molecule has 0 aromatic carbocycles. The number of hydrogen-bond donors (Lipinski definition) is 1. The Morgan fingerprint density at radius 1 is 1.64 bits per heavy atom. The second-order valence-corrected chi connectivity index (χ2v) is 2.52. The van der Waals surface area contributed by atoms with Crippen LogP contribution in [-0.2, 0) is 4.74 Å². The SMILES string of the molecule is C=CCC(O)CCCOCC. The van der Waals surface area contributed by atoms with Gasteiger partial charge in [-0.1, -0.05) is 6.08 Å². The molecule has 0 heterocycles. The van der Waals surface area contributed by atoms with Gasteiger partial charge in [0, 0.05) is 13.2 Å². The van der Waals surface area contributed by atoms with E-state index < -0.39 is 0 Å². The fourth-order valence-corrected chi connectivity index (χ4v) is 0.876. The average Bonchev–Trinajstić information content (AvgIpc) is 1.99. The summed E-state index contributed by atoms with van der Waals surface area (Å²) in [5.74, 6) is 0. The van der Waals surface area contributed by atoms with Crippen molar-refractivity contribution in [2.24, 2.45) is 0 Å². The van der Waals surface area contributed by atoms with Gasteiger partial charge in [0.15, 0.2) is 0 Å². The number of ether oxygens (including phenoxy) is 1. The highest BCUT2D eigenvalue weighted by Gasteiger charge is 1.99. The molecule has 0 bridgehead atoms. The van der Waals surface area contributed by atoms with E-state index in [4.69, 9.17) is 4.74 Å². The van der Waals surface area contributed by atoms with Gasteiger partial charge in [-0.25, -0.2) is 0 Å². The molecule has 0 aliphatic rings. The lowest BCUT2D eigenvalue weighted by Gasteiger charge is -2.06. The van der Waals surface area contributed by atoms with Gasteiger partial charge in [0.05, 0.1) is 6.10 Å². The van der Waals surface area contributed by atoms with Crippen LogP contribution < -0.4 is 0 Å². The molecule has 0 aliphatic heterocycles. The molecule has 0 saturated carbocycles. The molecule has 0 radical (unpaired) electrons. The van der Waals surface area contributed by atoms with Gasteiger partial charge in [-0.3, -0.25) is 0 Å². The molecule has 0 saturated heterocycles. The van der Waals surface area contributed by atoms with Crippen LogP contribution in [0.5, 0.6) is 0 Å². The normalized spacial score (nSPS) is 12.9. The molecule has 11 heavy (non-hydrogen) atoms. The zero-order valence-corrected chi connectivity index (χ0v) is 7.25. The van der Waals surface area contributed by atoms with Crippen LogP contribution in [0.4, 0.5) is 0 Å². The van der Waals surface area contributed by atoms with Crippen molar-refractivity contribution in [2.45, 2.75) is 32.3 Å². The van der Waals surface area contributed by atoms with Gasteiger partial charge in [0.25, 0.3) is 0 Å². The third kappa shape index (κ3) is 7.56. The number of aliphatic hydroxyl groups excluding tert-OH is 1. The lowest BCUT2D eigenvalue weighted by atomic mass is 10.1. The summed E-state index contributed by atoms with van der Waals surface area (Å²) in [6.45, 7) is 7.04.